The first-order valence-electron chi connectivity index (χ1n) is 10.6. The lowest BCUT2D eigenvalue weighted by atomic mass is 10.0. The number of hydrogen-bond donors (Lipinski definition) is 0. The van der Waals surface area contributed by atoms with Crippen molar-refractivity contribution in [1.82, 2.24) is 9.21 Å². The van der Waals surface area contributed by atoms with Crippen LogP contribution in [0.15, 0.2) is 59.5 Å². The van der Waals surface area contributed by atoms with Gasteiger partial charge in [-0.15, -0.1) is 0 Å². The average molecular weight is 429 g/mol. The third-order valence-electron chi connectivity index (χ3n) is 5.94. The fraction of sp³-hybridized carbons (Fsp3) is 0.435. The van der Waals surface area contributed by atoms with Crippen LogP contribution in [0.1, 0.15) is 35.2 Å². The Hall–Kier alpha value is -2.22. The van der Waals surface area contributed by atoms with Crippen LogP contribution in [-0.4, -0.2) is 62.4 Å². The van der Waals surface area contributed by atoms with E-state index in [0.717, 1.165) is 32.2 Å². The molecule has 2 aliphatic heterocycles. The summed E-state index contributed by atoms with van der Waals surface area (Å²) >= 11 is 0. The van der Waals surface area contributed by atoms with Gasteiger partial charge in [-0.1, -0.05) is 36.4 Å². The van der Waals surface area contributed by atoms with Crippen LogP contribution in [0.25, 0.3) is 0 Å². The molecule has 4 rings (SSSR count). The molecule has 0 N–H and O–H groups in total. The number of hydrogen-bond acceptors (Lipinski definition) is 4. The van der Waals surface area contributed by atoms with E-state index in [0.29, 0.717) is 31.9 Å². The van der Waals surface area contributed by atoms with Gasteiger partial charge in [0.1, 0.15) is 0 Å². The van der Waals surface area contributed by atoms with Gasteiger partial charge in [0, 0.05) is 31.2 Å². The minimum Gasteiger partial charge on any atom is -0.379 e. The molecule has 2 fully saturated rings. The Balaban J connectivity index is 1.48. The van der Waals surface area contributed by atoms with E-state index in [1.54, 1.807) is 18.2 Å². The zero-order valence-electron chi connectivity index (χ0n) is 17.1. The molecular formula is C23H28N2O4S. The molecule has 2 saturated heterocycles. The number of sulfonamides is 1. The number of morpholine rings is 1. The lowest BCUT2D eigenvalue weighted by molar-refractivity contribution is 0.0725. The molecule has 160 valence electrons. The van der Waals surface area contributed by atoms with Crippen LogP contribution in [-0.2, 0) is 21.2 Å². The van der Waals surface area contributed by atoms with E-state index in [1.807, 2.05) is 23.1 Å². The molecule has 0 radical (unpaired) electrons. The number of carbonyl (C=O) groups is 1. The summed E-state index contributed by atoms with van der Waals surface area (Å²) in [5.74, 6) is -0.0791. The zero-order valence-corrected chi connectivity index (χ0v) is 17.9. The summed E-state index contributed by atoms with van der Waals surface area (Å²) in [6, 6.07) is 17.0. The molecule has 2 heterocycles. The third-order valence-corrected chi connectivity index (χ3v) is 7.83. The smallest absolute Gasteiger partial charge is 0.254 e. The minimum absolute atomic E-state index is 0.0791. The Labute approximate surface area is 178 Å². The molecule has 6 nitrogen and oxygen atoms in total. The van der Waals surface area contributed by atoms with E-state index in [-0.39, 0.29) is 16.8 Å². The van der Waals surface area contributed by atoms with Gasteiger partial charge in [-0.3, -0.25) is 4.79 Å². The number of rotatable bonds is 6. The van der Waals surface area contributed by atoms with Gasteiger partial charge in [0.15, 0.2) is 0 Å². The predicted octanol–water partition coefficient (Wildman–Crippen LogP) is 2.94. The van der Waals surface area contributed by atoms with Gasteiger partial charge < -0.3 is 9.64 Å². The fourth-order valence-electron chi connectivity index (χ4n) is 4.27. The molecule has 0 aromatic heterocycles. The van der Waals surface area contributed by atoms with Crippen molar-refractivity contribution in [1.29, 1.82) is 0 Å². The Morgan fingerprint density at radius 2 is 1.77 bits per heavy atom. The maximum Gasteiger partial charge on any atom is 0.254 e. The molecular weight excluding hydrogens is 400 g/mol. The van der Waals surface area contributed by atoms with E-state index in [9.17, 15) is 13.2 Å². The highest BCUT2D eigenvalue weighted by Gasteiger charge is 2.31. The fourth-order valence-corrected chi connectivity index (χ4v) is 5.73. The Morgan fingerprint density at radius 1 is 1.00 bits per heavy atom. The SMILES string of the molecule is O=C(c1cccc(S(=O)(=O)N2CCOCC2)c1)N1CCCC1CCc1ccccc1. The molecule has 0 bridgehead atoms. The van der Waals surface area contributed by atoms with Gasteiger partial charge in [-0.25, -0.2) is 8.42 Å². The molecule has 1 amide bonds. The molecule has 0 saturated carbocycles. The minimum atomic E-state index is -3.62. The second kappa shape index (κ2) is 9.29. The highest BCUT2D eigenvalue weighted by molar-refractivity contribution is 7.89. The van der Waals surface area contributed by atoms with Crippen molar-refractivity contribution in [2.45, 2.75) is 36.6 Å². The summed E-state index contributed by atoms with van der Waals surface area (Å²) in [7, 11) is -3.62. The van der Waals surface area contributed by atoms with Crippen LogP contribution in [0.5, 0.6) is 0 Å². The van der Waals surface area contributed by atoms with Crippen molar-refractivity contribution in [2.75, 3.05) is 32.8 Å². The standard InChI is InChI=1S/C23H28N2O4S/c26-23(25-13-5-9-21(25)12-11-19-6-2-1-3-7-19)20-8-4-10-22(18-20)30(27,28)24-14-16-29-17-15-24/h1-4,6-8,10,18,21H,5,9,11-17H2. The number of aryl methyl sites for hydroxylation is 1. The van der Waals surface area contributed by atoms with Crippen molar-refractivity contribution >= 4 is 15.9 Å². The Morgan fingerprint density at radius 3 is 2.53 bits per heavy atom. The summed E-state index contributed by atoms with van der Waals surface area (Å²) in [4.78, 5) is 15.3. The molecule has 1 unspecified atom stereocenters. The van der Waals surface area contributed by atoms with Crippen molar-refractivity contribution in [3.8, 4) is 0 Å². The first kappa shape index (κ1) is 21.0. The maximum atomic E-state index is 13.2. The topological polar surface area (TPSA) is 66.9 Å². The first-order chi connectivity index (χ1) is 14.6. The normalized spacial score (nSPS) is 20.4. The van der Waals surface area contributed by atoms with Gasteiger partial charge in [0.2, 0.25) is 10.0 Å². The van der Waals surface area contributed by atoms with Crippen LogP contribution in [0.2, 0.25) is 0 Å². The largest absolute Gasteiger partial charge is 0.379 e. The van der Waals surface area contributed by atoms with E-state index in [2.05, 4.69) is 12.1 Å². The van der Waals surface area contributed by atoms with Crippen LogP contribution >= 0.6 is 0 Å². The molecule has 1 atom stereocenters. The van der Waals surface area contributed by atoms with Gasteiger partial charge in [-0.2, -0.15) is 4.31 Å². The summed E-state index contributed by atoms with van der Waals surface area (Å²) in [6.07, 6.45) is 3.82. The molecule has 2 aromatic carbocycles. The number of ether oxygens (including phenoxy) is 1. The monoisotopic (exact) mass is 428 g/mol. The van der Waals surface area contributed by atoms with Crippen LogP contribution in [0.3, 0.4) is 0 Å². The summed E-state index contributed by atoms with van der Waals surface area (Å²) in [5.41, 5.74) is 1.71. The van der Waals surface area contributed by atoms with E-state index in [1.165, 1.54) is 15.9 Å². The summed E-state index contributed by atoms with van der Waals surface area (Å²) in [5, 5.41) is 0. The van der Waals surface area contributed by atoms with Gasteiger partial charge in [0.25, 0.3) is 5.91 Å². The lowest BCUT2D eigenvalue weighted by Crippen LogP contribution is -2.40. The molecule has 2 aromatic rings. The highest BCUT2D eigenvalue weighted by Crippen LogP contribution is 2.25. The van der Waals surface area contributed by atoms with Gasteiger partial charge >= 0.3 is 0 Å². The molecule has 7 heteroatoms. The number of amides is 1. The average Bonchev–Trinajstić information content (AvgIpc) is 3.27. The van der Waals surface area contributed by atoms with Crippen LogP contribution in [0, 0.1) is 0 Å². The van der Waals surface area contributed by atoms with Crippen molar-refractivity contribution in [3.63, 3.8) is 0 Å². The van der Waals surface area contributed by atoms with Crippen LogP contribution < -0.4 is 0 Å². The van der Waals surface area contributed by atoms with Gasteiger partial charge in [-0.05, 0) is 49.4 Å². The number of carbonyl (C=O) groups excluding carboxylic acids is 1. The summed E-state index contributed by atoms with van der Waals surface area (Å²) in [6.45, 7) is 2.20. The summed E-state index contributed by atoms with van der Waals surface area (Å²) < 4.78 is 32.6. The molecule has 2 aliphatic rings. The number of likely N-dealkylation sites (tertiary alicyclic amines) is 1. The second-order valence-corrected chi connectivity index (χ2v) is 9.80. The van der Waals surface area contributed by atoms with E-state index >= 15 is 0 Å². The lowest BCUT2D eigenvalue weighted by Gasteiger charge is -2.27. The Kier molecular flexibility index (Phi) is 6.51. The quantitative estimate of drug-likeness (QED) is 0.710. The molecule has 0 spiro atoms. The van der Waals surface area contributed by atoms with Crippen LogP contribution in [0.4, 0.5) is 0 Å². The van der Waals surface area contributed by atoms with E-state index in [4.69, 9.17) is 4.74 Å². The maximum absolute atomic E-state index is 13.2. The van der Waals surface area contributed by atoms with Crippen molar-refractivity contribution < 1.29 is 17.9 Å². The van der Waals surface area contributed by atoms with Crippen molar-refractivity contribution in [3.05, 3.63) is 65.7 Å². The first-order valence-corrected chi connectivity index (χ1v) is 12.0. The molecule has 0 aliphatic carbocycles. The predicted molar refractivity (Wildman–Crippen MR) is 115 cm³/mol. The second-order valence-electron chi connectivity index (χ2n) is 7.86. The molecule has 30 heavy (non-hydrogen) atoms. The highest BCUT2D eigenvalue weighted by atomic mass is 32.2. The van der Waals surface area contributed by atoms with Crippen molar-refractivity contribution in [2.24, 2.45) is 0 Å². The number of nitrogens with zero attached hydrogens (tertiary/aromatic N) is 2. The van der Waals surface area contributed by atoms with Gasteiger partial charge in [0.05, 0.1) is 18.1 Å². The Bertz CT molecular complexity index is 972. The third kappa shape index (κ3) is 4.58. The zero-order chi connectivity index (χ0) is 21.0. The van der Waals surface area contributed by atoms with E-state index < -0.39 is 10.0 Å². The number of benzene rings is 2.